The topological polar surface area (TPSA) is 32.3 Å². The van der Waals surface area contributed by atoms with Crippen molar-refractivity contribution >= 4 is 5.91 Å². The first-order valence-electron chi connectivity index (χ1n) is 6.14. The molecule has 1 atom stereocenters. The number of nitrogens with one attached hydrogen (secondary N) is 1. The van der Waals surface area contributed by atoms with Crippen molar-refractivity contribution in [2.45, 2.75) is 18.9 Å². The van der Waals surface area contributed by atoms with Gasteiger partial charge in [-0.15, -0.1) is 0 Å². The van der Waals surface area contributed by atoms with Crippen molar-refractivity contribution in [1.82, 2.24) is 10.2 Å². The summed E-state index contributed by atoms with van der Waals surface area (Å²) in [5.41, 5.74) is -0.159. The van der Waals surface area contributed by atoms with Crippen LogP contribution in [-0.2, 0) is 0 Å². The largest absolute Gasteiger partial charge is 0.337 e. The number of halogens is 3. The maximum atomic E-state index is 13.1. The number of piperidine rings is 1. The van der Waals surface area contributed by atoms with E-state index in [-0.39, 0.29) is 11.6 Å². The Hall–Kier alpha value is -1.56. The molecule has 0 unspecified atom stereocenters. The summed E-state index contributed by atoms with van der Waals surface area (Å²) in [6, 6.07) is 1.65. The van der Waals surface area contributed by atoms with Gasteiger partial charge in [0, 0.05) is 24.7 Å². The van der Waals surface area contributed by atoms with Crippen LogP contribution in [-0.4, -0.2) is 37.0 Å². The van der Waals surface area contributed by atoms with E-state index >= 15 is 0 Å². The van der Waals surface area contributed by atoms with Crippen molar-refractivity contribution in [1.29, 1.82) is 0 Å². The van der Waals surface area contributed by atoms with E-state index in [0.717, 1.165) is 25.0 Å². The molecule has 0 spiro atoms. The van der Waals surface area contributed by atoms with Crippen LogP contribution in [0.2, 0.25) is 0 Å². The molecule has 1 aliphatic heterocycles. The third-order valence-corrected chi connectivity index (χ3v) is 3.35. The highest BCUT2D eigenvalue weighted by Gasteiger charge is 2.25. The molecular formula is C13H15F3N2O. The number of carbonyl (C=O) groups excluding carboxylic acids is 1. The van der Waals surface area contributed by atoms with Gasteiger partial charge in [-0.2, -0.15) is 0 Å². The fraction of sp³-hybridized carbons (Fsp3) is 0.462. The van der Waals surface area contributed by atoms with Gasteiger partial charge in [0.05, 0.1) is 0 Å². The van der Waals surface area contributed by atoms with Crippen LogP contribution in [0.1, 0.15) is 23.2 Å². The number of benzene rings is 1. The number of nitrogens with zero attached hydrogens (tertiary/aromatic N) is 1. The monoisotopic (exact) mass is 272 g/mol. The fourth-order valence-electron chi connectivity index (χ4n) is 2.26. The van der Waals surface area contributed by atoms with Crippen LogP contribution in [0.3, 0.4) is 0 Å². The number of likely N-dealkylation sites (N-methyl/N-ethyl adjacent to an activating group) is 1. The second kappa shape index (κ2) is 5.61. The van der Waals surface area contributed by atoms with E-state index in [4.69, 9.17) is 0 Å². The van der Waals surface area contributed by atoms with Gasteiger partial charge in [0.1, 0.15) is 0 Å². The molecule has 1 fully saturated rings. The predicted octanol–water partition coefficient (Wildman–Crippen LogP) is 1.93. The van der Waals surface area contributed by atoms with E-state index in [1.807, 2.05) is 0 Å². The standard InChI is InChI=1S/C13H15F3N2O/c1-17-9-3-2-4-18(7-9)13(19)8-5-10(14)12(16)11(15)6-8/h5-6,9,17H,2-4,7H2,1H3/t9-/m0/s1. The molecular weight excluding hydrogens is 257 g/mol. The highest BCUT2D eigenvalue weighted by molar-refractivity contribution is 5.94. The number of carbonyl (C=O) groups is 1. The normalized spacial score (nSPS) is 19.6. The van der Waals surface area contributed by atoms with Crippen LogP contribution in [0.25, 0.3) is 0 Å². The van der Waals surface area contributed by atoms with Crippen LogP contribution in [0.5, 0.6) is 0 Å². The molecule has 1 aliphatic rings. The molecule has 2 rings (SSSR count). The Balaban J connectivity index is 2.19. The van der Waals surface area contributed by atoms with E-state index in [2.05, 4.69) is 5.32 Å². The molecule has 1 saturated heterocycles. The maximum Gasteiger partial charge on any atom is 0.254 e. The molecule has 1 heterocycles. The zero-order chi connectivity index (χ0) is 14.0. The van der Waals surface area contributed by atoms with Crippen LogP contribution in [0.15, 0.2) is 12.1 Å². The minimum Gasteiger partial charge on any atom is -0.337 e. The van der Waals surface area contributed by atoms with Crippen LogP contribution < -0.4 is 5.32 Å². The summed E-state index contributed by atoms with van der Waals surface area (Å²) >= 11 is 0. The molecule has 1 aromatic rings. The molecule has 0 aliphatic carbocycles. The van der Waals surface area contributed by atoms with Crippen molar-refractivity contribution in [2.24, 2.45) is 0 Å². The fourth-order valence-corrected chi connectivity index (χ4v) is 2.26. The lowest BCUT2D eigenvalue weighted by molar-refractivity contribution is 0.0697. The van der Waals surface area contributed by atoms with Crippen LogP contribution >= 0.6 is 0 Å². The summed E-state index contributed by atoms with van der Waals surface area (Å²) in [7, 11) is 1.80. The van der Waals surface area contributed by atoms with Gasteiger partial charge in [-0.3, -0.25) is 4.79 Å². The van der Waals surface area contributed by atoms with Crippen molar-refractivity contribution in [3.63, 3.8) is 0 Å². The van der Waals surface area contributed by atoms with Crippen molar-refractivity contribution in [2.75, 3.05) is 20.1 Å². The number of rotatable bonds is 2. The second-order valence-electron chi connectivity index (χ2n) is 4.63. The summed E-state index contributed by atoms with van der Waals surface area (Å²) in [4.78, 5) is 13.6. The third-order valence-electron chi connectivity index (χ3n) is 3.35. The van der Waals surface area contributed by atoms with Crippen molar-refractivity contribution < 1.29 is 18.0 Å². The summed E-state index contributed by atoms with van der Waals surface area (Å²) in [6.45, 7) is 1.02. The lowest BCUT2D eigenvalue weighted by Gasteiger charge is -2.32. The van der Waals surface area contributed by atoms with E-state index in [0.29, 0.717) is 13.1 Å². The second-order valence-corrected chi connectivity index (χ2v) is 4.63. The van der Waals surface area contributed by atoms with Crippen LogP contribution in [0, 0.1) is 17.5 Å². The Kier molecular flexibility index (Phi) is 4.09. The molecule has 6 heteroatoms. The molecule has 104 valence electrons. The van der Waals surface area contributed by atoms with E-state index in [1.165, 1.54) is 4.90 Å². The smallest absolute Gasteiger partial charge is 0.254 e. The quantitative estimate of drug-likeness (QED) is 0.834. The average Bonchev–Trinajstić information content (AvgIpc) is 2.43. The van der Waals surface area contributed by atoms with E-state index < -0.39 is 23.4 Å². The Bertz CT molecular complexity index is 470. The predicted molar refractivity (Wildman–Crippen MR) is 64.3 cm³/mol. The zero-order valence-corrected chi connectivity index (χ0v) is 10.5. The molecule has 0 bridgehead atoms. The Labute approximate surface area is 109 Å². The maximum absolute atomic E-state index is 13.1. The van der Waals surface area contributed by atoms with Gasteiger partial charge in [0.2, 0.25) is 0 Å². The summed E-state index contributed by atoms with van der Waals surface area (Å²) < 4.78 is 39.1. The molecule has 1 amide bonds. The molecule has 0 saturated carbocycles. The summed E-state index contributed by atoms with van der Waals surface area (Å²) in [5.74, 6) is -4.71. The van der Waals surface area contributed by atoms with Gasteiger partial charge in [0.25, 0.3) is 5.91 Å². The molecule has 1 N–H and O–H groups in total. The lowest BCUT2D eigenvalue weighted by Crippen LogP contribution is -2.47. The lowest BCUT2D eigenvalue weighted by atomic mass is 10.0. The Morgan fingerprint density at radius 2 is 1.95 bits per heavy atom. The van der Waals surface area contributed by atoms with Gasteiger partial charge in [-0.25, -0.2) is 13.2 Å². The average molecular weight is 272 g/mol. The van der Waals surface area contributed by atoms with Gasteiger partial charge in [0.15, 0.2) is 17.5 Å². The Morgan fingerprint density at radius 3 is 2.53 bits per heavy atom. The minimum atomic E-state index is -1.55. The number of hydrogen-bond donors (Lipinski definition) is 1. The van der Waals surface area contributed by atoms with Crippen LogP contribution in [0.4, 0.5) is 13.2 Å². The summed E-state index contributed by atoms with van der Waals surface area (Å²) in [5, 5.41) is 3.07. The molecule has 0 radical (unpaired) electrons. The first-order valence-corrected chi connectivity index (χ1v) is 6.14. The van der Waals surface area contributed by atoms with Gasteiger partial charge in [-0.1, -0.05) is 0 Å². The molecule has 1 aromatic carbocycles. The van der Waals surface area contributed by atoms with Gasteiger partial charge in [-0.05, 0) is 32.0 Å². The number of hydrogen-bond acceptors (Lipinski definition) is 2. The minimum absolute atomic E-state index is 0.159. The number of likely N-dealkylation sites (tertiary alicyclic amines) is 1. The first kappa shape index (κ1) is 13.9. The highest BCUT2D eigenvalue weighted by Crippen LogP contribution is 2.18. The van der Waals surface area contributed by atoms with Crippen molar-refractivity contribution in [3.05, 3.63) is 35.1 Å². The molecule has 19 heavy (non-hydrogen) atoms. The summed E-state index contributed by atoms with van der Waals surface area (Å²) in [6.07, 6.45) is 1.77. The van der Waals surface area contributed by atoms with E-state index in [9.17, 15) is 18.0 Å². The highest BCUT2D eigenvalue weighted by atomic mass is 19.2. The third kappa shape index (κ3) is 2.89. The van der Waals surface area contributed by atoms with E-state index in [1.54, 1.807) is 7.05 Å². The SMILES string of the molecule is CN[C@H]1CCCN(C(=O)c2cc(F)c(F)c(F)c2)C1. The van der Waals surface area contributed by atoms with Crippen molar-refractivity contribution in [3.8, 4) is 0 Å². The number of amides is 1. The first-order chi connectivity index (χ1) is 9.02. The Morgan fingerprint density at radius 1 is 1.32 bits per heavy atom. The molecule has 3 nitrogen and oxygen atoms in total. The molecule has 0 aromatic heterocycles. The zero-order valence-electron chi connectivity index (χ0n) is 10.5. The van der Waals surface area contributed by atoms with Gasteiger partial charge < -0.3 is 10.2 Å². The van der Waals surface area contributed by atoms with Gasteiger partial charge >= 0.3 is 0 Å².